The Morgan fingerprint density at radius 1 is 1.29 bits per heavy atom. The van der Waals surface area contributed by atoms with Gasteiger partial charge in [-0.1, -0.05) is 44.3 Å². The molecule has 0 spiro atoms. The fourth-order valence-electron chi connectivity index (χ4n) is 1.43. The fraction of sp³-hybridized carbons (Fsp3) is 0.462. The lowest BCUT2D eigenvalue weighted by Gasteiger charge is -2.06. The lowest BCUT2D eigenvalue weighted by atomic mass is 10.1. The van der Waals surface area contributed by atoms with Crippen LogP contribution in [0, 0.1) is 6.92 Å². The van der Waals surface area contributed by atoms with Gasteiger partial charge >= 0.3 is 0 Å². The van der Waals surface area contributed by atoms with Gasteiger partial charge in [0.05, 0.1) is 0 Å². The van der Waals surface area contributed by atoms with E-state index >= 15 is 0 Å². The summed E-state index contributed by atoms with van der Waals surface area (Å²) < 4.78 is 0.976. The van der Waals surface area contributed by atoms with E-state index in [0.717, 1.165) is 41.2 Å². The summed E-state index contributed by atoms with van der Waals surface area (Å²) in [6, 6.07) is 5.67. The molecule has 4 heteroatoms. The molecule has 1 aromatic rings. The number of halogens is 2. The third-order valence-electron chi connectivity index (χ3n) is 2.53. The van der Waals surface area contributed by atoms with Crippen LogP contribution in [0.3, 0.4) is 0 Å². The fourth-order valence-corrected chi connectivity index (χ4v) is 2.21. The second-order valence-electron chi connectivity index (χ2n) is 3.97. The van der Waals surface area contributed by atoms with Crippen LogP contribution in [0.2, 0.25) is 0 Å². The molecular weight excluding hydrogens is 346 g/mol. The Labute approximate surface area is 119 Å². The number of carbonyl (C=O) groups excluding carboxylic acids is 1. The maximum absolute atomic E-state index is 11.8. The molecule has 0 atom stereocenters. The predicted octanol–water partition coefficient (Wildman–Crippen LogP) is 4.05. The average molecular weight is 363 g/mol. The molecule has 1 N–H and O–H groups in total. The van der Waals surface area contributed by atoms with Gasteiger partial charge in [-0.2, -0.15) is 0 Å². The molecule has 17 heavy (non-hydrogen) atoms. The number of benzene rings is 1. The van der Waals surface area contributed by atoms with Crippen LogP contribution < -0.4 is 5.32 Å². The number of hydrogen-bond acceptors (Lipinski definition) is 1. The predicted molar refractivity (Wildman–Crippen MR) is 78.9 cm³/mol. The Morgan fingerprint density at radius 2 is 2.06 bits per heavy atom. The average Bonchev–Trinajstić information content (AvgIpc) is 2.32. The number of amides is 1. The molecule has 0 saturated heterocycles. The van der Waals surface area contributed by atoms with E-state index in [1.54, 1.807) is 0 Å². The Balaban J connectivity index is 2.39. The SMILES string of the molecule is Cc1ccc(C(=O)NCCCCCBr)cc1Br. The first-order chi connectivity index (χ1) is 8.15. The van der Waals surface area contributed by atoms with Gasteiger partial charge in [-0.05, 0) is 37.5 Å². The van der Waals surface area contributed by atoms with Crippen molar-refractivity contribution >= 4 is 37.8 Å². The normalized spacial score (nSPS) is 10.3. The molecule has 0 fully saturated rings. The highest BCUT2D eigenvalue weighted by atomic mass is 79.9. The van der Waals surface area contributed by atoms with Gasteiger partial charge in [-0.3, -0.25) is 4.79 Å². The Hall–Kier alpha value is -0.350. The molecule has 1 amide bonds. The first kappa shape index (κ1) is 14.7. The number of alkyl halides is 1. The topological polar surface area (TPSA) is 29.1 Å². The van der Waals surface area contributed by atoms with E-state index in [2.05, 4.69) is 37.2 Å². The minimum absolute atomic E-state index is 0.00421. The zero-order valence-electron chi connectivity index (χ0n) is 9.93. The summed E-state index contributed by atoms with van der Waals surface area (Å²) in [7, 11) is 0. The molecule has 0 aliphatic heterocycles. The Kier molecular flexibility index (Phi) is 6.82. The zero-order valence-corrected chi connectivity index (χ0v) is 13.1. The van der Waals surface area contributed by atoms with Crippen LogP contribution in [0.25, 0.3) is 0 Å². The molecule has 0 bridgehead atoms. The van der Waals surface area contributed by atoms with Crippen molar-refractivity contribution in [1.29, 1.82) is 0 Å². The van der Waals surface area contributed by atoms with Gasteiger partial charge in [-0.25, -0.2) is 0 Å². The Morgan fingerprint density at radius 3 is 2.71 bits per heavy atom. The van der Waals surface area contributed by atoms with Crippen LogP contribution in [-0.4, -0.2) is 17.8 Å². The highest BCUT2D eigenvalue weighted by Crippen LogP contribution is 2.17. The number of unbranched alkanes of at least 4 members (excludes halogenated alkanes) is 2. The van der Waals surface area contributed by atoms with Crippen LogP contribution in [0.1, 0.15) is 35.2 Å². The maximum atomic E-state index is 11.8. The van der Waals surface area contributed by atoms with E-state index in [1.165, 1.54) is 0 Å². The summed E-state index contributed by atoms with van der Waals surface area (Å²) in [5, 5.41) is 3.96. The van der Waals surface area contributed by atoms with E-state index in [0.29, 0.717) is 5.56 Å². The van der Waals surface area contributed by atoms with Crippen LogP contribution in [0.5, 0.6) is 0 Å². The van der Waals surface area contributed by atoms with Gasteiger partial charge in [-0.15, -0.1) is 0 Å². The summed E-state index contributed by atoms with van der Waals surface area (Å²) >= 11 is 6.82. The third-order valence-corrected chi connectivity index (χ3v) is 3.95. The third kappa shape index (κ3) is 5.21. The van der Waals surface area contributed by atoms with E-state index in [4.69, 9.17) is 0 Å². The summed E-state index contributed by atoms with van der Waals surface area (Å²) in [5.41, 5.74) is 1.85. The molecule has 94 valence electrons. The van der Waals surface area contributed by atoms with Gasteiger partial charge in [0, 0.05) is 21.9 Å². The van der Waals surface area contributed by atoms with Crippen LogP contribution in [-0.2, 0) is 0 Å². The minimum atomic E-state index is 0.00421. The molecule has 0 radical (unpaired) electrons. The van der Waals surface area contributed by atoms with Crippen molar-refractivity contribution in [3.63, 3.8) is 0 Å². The van der Waals surface area contributed by atoms with Crippen LogP contribution in [0.15, 0.2) is 22.7 Å². The molecule has 0 aromatic heterocycles. The van der Waals surface area contributed by atoms with Crippen molar-refractivity contribution < 1.29 is 4.79 Å². The number of carbonyl (C=O) groups is 1. The van der Waals surface area contributed by atoms with Crippen LogP contribution in [0.4, 0.5) is 0 Å². The second-order valence-corrected chi connectivity index (χ2v) is 5.62. The maximum Gasteiger partial charge on any atom is 0.251 e. The van der Waals surface area contributed by atoms with E-state index in [1.807, 2.05) is 25.1 Å². The number of aryl methyl sites for hydroxylation is 1. The molecule has 1 aromatic carbocycles. The quantitative estimate of drug-likeness (QED) is 0.600. The Bertz CT molecular complexity index is 380. The van der Waals surface area contributed by atoms with Gasteiger partial charge in [0.2, 0.25) is 0 Å². The smallest absolute Gasteiger partial charge is 0.251 e. The van der Waals surface area contributed by atoms with Gasteiger partial charge < -0.3 is 5.32 Å². The highest BCUT2D eigenvalue weighted by molar-refractivity contribution is 9.10. The number of rotatable bonds is 6. The van der Waals surface area contributed by atoms with E-state index in [9.17, 15) is 4.79 Å². The minimum Gasteiger partial charge on any atom is -0.352 e. The summed E-state index contributed by atoms with van der Waals surface area (Å²) in [6.45, 7) is 2.75. The monoisotopic (exact) mass is 361 g/mol. The molecule has 1 rings (SSSR count). The lowest BCUT2D eigenvalue weighted by Crippen LogP contribution is -2.24. The molecule has 2 nitrogen and oxygen atoms in total. The molecule has 0 saturated carbocycles. The molecule has 0 unspecified atom stereocenters. The number of hydrogen-bond donors (Lipinski definition) is 1. The van der Waals surface area contributed by atoms with E-state index < -0.39 is 0 Å². The second kappa shape index (κ2) is 7.88. The van der Waals surface area contributed by atoms with Gasteiger partial charge in [0.25, 0.3) is 5.91 Å². The van der Waals surface area contributed by atoms with Crippen molar-refractivity contribution in [3.05, 3.63) is 33.8 Å². The van der Waals surface area contributed by atoms with Crippen molar-refractivity contribution in [2.75, 3.05) is 11.9 Å². The highest BCUT2D eigenvalue weighted by Gasteiger charge is 2.05. The summed E-state index contributed by atoms with van der Waals surface area (Å²) in [6.07, 6.45) is 3.33. The van der Waals surface area contributed by atoms with Gasteiger partial charge in [0.15, 0.2) is 0 Å². The largest absolute Gasteiger partial charge is 0.352 e. The van der Waals surface area contributed by atoms with Crippen molar-refractivity contribution in [1.82, 2.24) is 5.32 Å². The molecule has 0 aliphatic carbocycles. The number of nitrogens with one attached hydrogen (secondary N) is 1. The van der Waals surface area contributed by atoms with Crippen molar-refractivity contribution in [2.24, 2.45) is 0 Å². The molecule has 0 aliphatic rings. The first-order valence-electron chi connectivity index (χ1n) is 5.75. The van der Waals surface area contributed by atoms with E-state index in [-0.39, 0.29) is 5.91 Å². The molecule has 0 heterocycles. The van der Waals surface area contributed by atoms with Crippen LogP contribution >= 0.6 is 31.9 Å². The van der Waals surface area contributed by atoms with Crippen molar-refractivity contribution in [2.45, 2.75) is 26.2 Å². The summed E-state index contributed by atoms with van der Waals surface area (Å²) in [4.78, 5) is 11.8. The molecular formula is C13H17Br2NO. The zero-order chi connectivity index (χ0) is 12.7. The lowest BCUT2D eigenvalue weighted by molar-refractivity contribution is 0.0953. The van der Waals surface area contributed by atoms with Crippen molar-refractivity contribution in [3.8, 4) is 0 Å². The van der Waals surface area contributed by atoms with Gasteiger partial charge in [0.1, 0.15) is 0 Å². The standard InChI is InChI=1S/C13H17Br2NO/c1-10-5-6-11(9-12(10)15)13(17)16-8-4-2-3-7-14/h5-6,9H,2-4,7-8H2,1H3,(H,16,17). The first-order valence-corrected chi connectivity index (χ1v) is 7.67. The summed E-state index contributed by atoms with van der Waals surface area (Å²) in [5.74, 6) is 0.00421.